The molecule has 0 spiro atoms. The molecule has 3 aromatic rings. The van der Waals surface area contributed by atoms with Crippen LogP contribution < -0.4 is 10.1 Å². The van der Waals surface area contributed by atoms with E-state index < -0.39 is 0 Å². The van der Waals surface area contributed by atoms with E-state index >= 15 is 0 Å². The van der Waals surface area contributed by atoms with Crippen LogP contribution in [0.4, 0.5) is 4.39 Å². The van der Waals surface area contributed by atoms with Crippen molar-refractivity contribution in [2.45, 2.75) is 25.9 Å². The van der Waals surface area contributed by atoms with Crippen molar-refractivity contribution in [2.75, 3.05) is 7.11 Å². The molecule has 0 fully saturated rings. The predicted molar refractivity (Wildman–Crippen MR) is 101 cm³/mol. The van der Waals surface area contributed by atoms with Crippen molar-refractivity contribution in [3.8, 4) is 11.6 Å². The highest BCUT2D eigenvalue weighted by molar-refractivity contribution is 6.30. The van der Waals surface area contributed by atoms with E-state index in [-0.39, 0.29) is 17.9 Å². The molecule has 0 amide bonds. The minimum Gasteiger partial charge on any atom is -0.481 e. The third-order valence-corrected chi connectivity index (χ3v) is 4.48. The molecule has 0 aliphatic carbocycles. The molecular formula is C20H21ClFN3O. The first-order valence-electron chi connectivity index (χ1n) is 8.39. The van der Waals surface area contributed by atoms with Crippen molar-refractivity contribution in [1.29, 1.82) is 0 Å². The van der Waals surface area contributed by atoms with E-state index in [2.05, 4.69) is 10.4 Å². The van der Waals surface area contributed by atoms with Gasteiger partial charge in [-0.25, -0.2) is 9.07 Å². The summed E-state index contributed by atoms with van der Waals surface area (Å²) in [6.07, 6.45) is 0. The van der Waals surface area contributed by atoms with Gasteiger partial charge >= 0.3 is 0 Å². The summed E-state index contributed by atoms with van der Waals surface area (Å²) in [5.41, 5.74) is 2.54. The van der Waals surface area contributed by atoms with Crippen LogP contribution in [0.15, 0.2) is 54.6 Å². The van der Waals surface area contributed by atoms with E-state index in [4.69, 9.17) is 16.3 Å². The third-order valence-electron chi connectivity index (χ3n) is 4.25. The number of ether oxygens (including phenoxy) is 1. The highest BCUT2D eigenvalue weighted by atomic mass is 35.5. The van der Waals surface area contributed by atoms with E-state index in [0.717, 1.165) is 16.9 Å². The summed E-state index contributed by atoms with van der Waals surface area (Å²) in [6, 6.07) is 15.8. The van der Waals surface area contributed by atoms with Gasteiger partial charge in [0.1, 0.15) is 5.82 Å². The number of aromatic nitrogens is 2. The SMILES string of the molecule is COc1cc(C(C)N[C@H](C)c2cccc(F)c2)nn1-c1cccc(Cl)c1. The fourth-order valence-corrected chi connectivity index (χ4v) is 3.05. The lowest BCUT2D eigenvalue weighted by atomic mass is 10.1. The Bertz CT molecular complexity index is 896. The van der Waals surface area contributed by atoms with Gasteiger partial charge in [-0.05, 0) is 49.7 Å². The van der Waals surface area contributed by atoms with Gasteiger partial charge in [0.05, 0.1) is 18.5 Å². The molecule has 1 aromatic heterocycles. The smallest absolute Gasteiger partial charge is 0.216 e. The highest BCUT2D eigenvalue weighted by Crippen LogP contribution is 2.26. The summed E-state index contributed by atoms with van der Waals surface area (Å²) in [7, 11) is 1.61. The molecule has 2 atom stereocenters. The Morgan fingerprint density at radius 2 is 1.85 bits per heavy atom. The summed E-state index contributed by atoms with van der Waals surface area (Å²) >= 11 is 6.08. The van der Waals surface area contributed by atoms with Gasteiger partial charge in [-0.3, -0.25) is 0 Å². The van der Waals surface area contributed by atoms with Gasteiger partial charge < -0.3 is 10.1 Å². The number of nitrogens with zero attached hydrogens (tertiary/aromatic N) is 2. The van der Waals surface area contributed by atoms with Gasteiger partial charge in [-0.15, -0.1) is 0 Å². The zero-order chi connectivity index (χ0) is 18.7. The molecule has 0 aliphatic rings. The van der Waals surface area contributed by atoms with E-state index in [1.165, 1.54) is 12.1 Å². The fourth-order valence-electron chi connectivity index (χ4n) is 2.86. The summed E-state index contributed by atoms with van der Waals surface area (Å²) in [6.45, 7) is 4.01. The second kappa shape index (κ2) is 7.89. The predicted octanol–water partition coefficient (Wildman–Crippen LogP) is 5.09. The maximum atomic E-state index is 13.4. The lowest BCUT2D eigenvalue weighted by Gasteiger charge is -2.19. The molecule has 4 nitrogen and oxygen atoms in total. The lowest BCUT2D eigenvalue weighted by molar-refractivity contribution is 0.383. The molecule has 3 rings (SSSR count). The molecule has 0 saturated heterocycles. The third kappa shape index (κ3) is 4.06. The average Bonchev–Trinajstić information content (AvgIpc) is 3.06. The Kier molecular flexibility index (Phi) is 5.59. The quantitative estimate of drug-likeness (QED) is 0.654. The Hall–Kier alpha value is -2.37. The molecule has 26 heavy (non-hydrogen) atoms. The fraction of sp³-hybridized carbons (Fsp3) is 0.250. The largest absolute Gasteiger partial charge is 0.481 e. The molecule has 1 N–H and O–H groups in total. The van der Waals surface area contributed by atoms with Crippen molar-refractivity contribution in [3.05, 3.63) is 76.7 Å². The maximum absolute atomic E-state index is 13.4. The first-order valence-corrected chi connectivity index (χ1v) is 8.77. The van der Waals surface area contributed by atoms with Gasteiger partial charge in [0, 0.05) is 23.2 Å². The minimum absolute atomic E-state index is 0.0250. The van der Waals surface area contributed by atoms with Crippen LogP contribution in [0, 0.1) is 5.82 Å². The highest BCUT2D eigenvalue weighted by Gasteiger charge is 2.18. The second-order valence-electron chi connectivity index (χ2n) is 6.17. The van der Waals surface area contributed by atoms with Crippen LogP contribution in [0.25, 0.3) is 5.69 Å². The Morgan fingerprint density at radius 1 is 1.08 bits per heavy atom. The topological polar surface area (TPSA) is 39.1 Å². The summed E-state index contributed by atoms with van der Waals surface area (Å²) in [4.78, 5) is 0. The number of methoxy groups -OCH3 is 1. The van der Waals surface area contributed by atoms with Gasteiger partial charge in [0.15, 0.2) is 0 Å². The zero-order valence-electron chi connectivity index (χ0n) is 14.9. The molecule has 1 unspecified atom stereocenters. The van der Waals surface area contributed by atoms with Crippen molar-refractivity contribution in [3.63, 3.8) is 0 Å². The number of hydrogen-bond acceptors (Lipinski definition) is 3. The van der Waals surface area contributed by atoms with Crippen LogP contribution in [0.1, 0.15) is 37.2 Å². The molecule has 6 heteroatoms. The Morgan fingerprint density at radius 3 is 2.54 bits per heavy atom. The molecule has 0 aliphatic heterocycles. The number of rotatable bonds is 6. The van der Waals surface area contributed by atoms with E-state index in [9.17, 15) is 4.39 Å². The van der Waals surface area contributed by atoms with Crippen LogP contribution >= 0.6 is 11.6 Å². The van der Waals surface area contributed by atoms with E-state index in [1.807, 2.05) is 50.2 Å². The Labute approximate surface area is 157 Å². The summed E-state index contributed by atoms with van der Waals surface area (Å²) in [5, 5.41) is 8.73. The average molecular weight is 374 g/mol. The van der Waals surface area contributed by atoms with Gasteiger partial charge in [-0.2, -0.15) is 5.10 Å². The molecule has 0 saturated carbocycles. The van der Waals surface area contributed by atoms with Gasteiger partial charge in [-0.1, -0.05) is 29.8 Å². The van der Waals surface area contributed by atoms with Crippen molar-refractivity contribution >= 4 is 11.6 Å². The lowest BCUT2D eigenvalue weighted by Crippen LogP contribution is -2.23. The number of hydrogen-bond donors (Lipinski definition) is 1. The monoisotopic (exact) mass is 373 g/mol. The first kappa shape index (κ1) is 18.4. The van der Waals surface area contributed by atoms with Crippen LogP contribution in [0.3, 0.4) is 0 Å². The second-order valence-corrected chi connectivity index (χ2v) is 6.60. The zero-order valence-corrected chi connectivity index (χ0v) is 15.7. The molecule has 0 radical (unpaired) electrons. The molecule has 136 valence electrons. The number of nitrogens with one attached hydrogen (secondary N) is 1. The van der Waals surface area contributed by atoms with Crippen molar-refractivity contribution < 1.29 is 9.13 Å². The summed E-state index contributed by atoms with van der Waals surface area (Å²) < 4.78 is 20.6. The van der Waals surface area contributed by atoms with Gasteiger partial charge in [0.2, 0.25) is 5.88 Å². The Balaban J connectivity index is 1.82. The normalized spacial score (nSPS) is 13.4. The molecular weight excluding hydrogens is 353 g/mol. The van der Waals surface area contributed by atoms with Crippen LogP contribution in [0.5, 0.6) is 5.88 Å². The molecule has 0 bridgehead atoms. The van der Waals surface area contributed by atoms with Crippen molar-refractivity contribution in [2.24, 2.45) is 0 Å². The van der Waals surface area contributed by atoms with Crippen LogP contribution in [0.2, 0.25) is 5.02 Å². The first-order chi connectivity index (χ1) is 12.5. The van der Waals surface area contributed by atoms with Gasteiger partial charge in [0.25, 0.3) is 0 Å². The number of benzene rings is 2. The van der Waals surface area contributed by atoms with E-state index in [1.54, 1.807) is 17.9 Å². The summed E-state index contributed by atoms with van der Waals surface area (Å²) in [5.74, 6) is 0.380. The van der Waals surface area contributed by atoms with Crippen LogP contribution in [-0.4, -0.2) is 16.9 Å². The van der Waals surface area contributed by atoms with Crippen LogP contribution in [-0.2, 0) is 0 Å². The van der Waals surface area contributed by atoms with E-state index in [0.29, 0.717) is 10.9 Å². The maximum Gasteiger partial charge on any atom is 0.216 e. The van der Waals surface area contributed by atoms with Crippen molar-refractivity contribution in [1.82, 2.24) is 15.1 Å². The molecule has 2 aromatic carbocycles. The minimum atomic E-state index is -0.240. The molecule has 1 heterocycles. The standard InChI is InChI=1S/C20H21ClFN3O/c1-13(15-6-4-8-17(22)10-15)23-14(2)19-12-20(26-3)25(24-19)18-9-5-7-16(21)11-18/h4-14,23H,1-3H3/t13-,14?/m1/s1. The number of halogens is 2.